The van der Waals surface area contributed by atoms with E-state index in [0.29, 0.717) is 0 Å². The summed E-state index contributed by atoms with van der Waals surface area (Å²) < 4.78 is 6.47. The smallest absolute Gasteiger partial charge is 0.0593 e. The van der Waals surface area contributed by atoms with E-state index in [1.54, 1.807) is 0 Å². The van der Waals surface area contributed by atoms with Crippen LogP contribution in [-0.4, -0.2) is 36.2 Å². The van der Waals surface area contributed by atoms with Crippen LogP contribution in [0.15, 0.2) is 22.9 Å². The van der Waals surface area contributed by atoms with E-state index in [1.165, 1.54) is 5.56 Å². The van der Waals surface area contributed by atoms with Crippen LogP contribution in [0.3, 0.4) is 0 Å². The van der Waals surface area contributed by atoms with Gasteiger partial charge in [0.05, 0.1) is 6.61 Å². The first-order chi connectivity index (χ1) is 7.34. The van der Waals surface area contributed by atoms with Crippen molar-refractivity contribution in [1.29, 1.82) is 0 Å². The average molecular weight is 271 g/mol. The van der Waals surface area contributed by atoms with E-state index in [0.717, 1.165) is 43.7 Å². The Morgan fingerprint density at radius 3 is 3.13 bits per heavy atom. The number of hydrogen-bond acceptors (Lipinski definition) is 3. The Bertz CT molecular complexity index is 311. The Morgan fingerprint density at radius 1 is 1.33 bits per heavy atom. The molecular weight excluding hydrogens is 256 g/mol. The zero-order valence-electron chi connectivity index (χ0n) is 8.66. The van der Waals surface area contributed by atoms with Gasteiger partial charge in [0.2, 0.25) is 0 Å². The average Bonchev–Trinajstić information content (AvgIpc) is 2.46. The molecule has 1 aliphatic heterocycles. The first kappa shape index (κ1) is 11.0. The molecular formula is C11H15BrN2O. The largest absolute Gasteiger partial charge is 0.380 e. The predicted octanol–water partition coefficient (Wildman–Crippen LogP) is 2.07. The maximum absolute atomic E-state index is 5.42. The molecule has 0 saturated carbocycles. The van der Waals surface area contributed by atoms with E-state index in [2.05, 4.69) is 31.9 Å². The normalized spacial score (nSPS) is 18.7. The molecule has 0 bridgehead atoms. The summed E-state index contributed by atoms with van der Waals surface area (Å²) in [4.78, 5) is 6.58. The minimum absolute atomic E-state index is 0.849. The van der Waals surface area contributed by atoms with Crippen molar-refractivity contribution in [1.82, 2.24) is 9.88 Å². The molecule has 15 heavy (non-hydrogen) atoms. The fourth-order valence-corrected chi connectivity index (χ4v) is 2.17. The molecule has 82 valence electrons. The van der Waals surface area contributed by atoms with Gasteiger partial charge in [0.1, 0.15) is 0 Å². The molecule has 0 spiro atoms. The molecule has 0 radical (unpaired) electrons. The van der Waals surface area contributed by atoms with Crippen molar-refractivity contribution in [3.8, 4) is 0 Å². The van der Waals surface area contributed by atoms with Gasteiger partial charge in [0, 0.05) is 43.1 Å². The second-order valence-electron chi connectivity index (χ2n) is 3.75. The third-order valence-corrected chi connectivity index (χ3v) is 2.92. The van der Waals surface area contributed by atoms with E-state index >= 15 is 0 Å². The summed E-state index contributed by atoms with van der Waals surface area (Å²) in [6.45, 7) is 4.85. The van der Waals surface area contributed by atoms with Gasteiger partial charge in [-0.2, -0.15) is 0 Å². The minimum atomic E-state index is 0.849. The molecule has 2 heterocycles. The number of hydrogen-bond donors (Lipinski definition) is 0. The lowest BCUT2D eigenvalue weighted by atomic mass is 10.2. The second-order valence-corrected chi connectivity index (χ2v) is 4.67. The molecule has 0 aliphatic carbocycles. The summed E-state index contributed by atoms with van der Waals surface area (Å²) in [5.74, 6) is 0. The summed E-state index contributed by atoms with van der Waals surface area (Å²) in [7, 11) is 0. The van der Waals surface area contributed by atoms with Gasteiger partial charge in [-0.1, -0.05) is 0 Å². The molecule has 2 rings (SSSR count). The van der Waals surface area contributed by atoms with Crippen molar-refractivity contribution in [3.63, 3.8) is 0 Å². The Balaban J connectivity index is 1.95. The van der Waals surface area contributed by atoms with Gasteiger partial charge in [0.25, 0.3) is 0 Å². The zero-order chi connectivity index (χ0) is 10.5. The summed E-state index contributed by atoms with van der Waals surface area (Å²) in [6.07, 6.45) is 4.87. The van der Waals surface area contributed by atoms with Crippen LogP contribution >= 0.6 is 15.9 Å². The predicted molar refractivity (Wildman–Crippen MR) is 62.7 cm³/mol. The summed E-state index contributed by atoms with van der Waals surface area (Å²) in [5, 5.41) is 0. The number of aromatic nitrogens is 1. The third-order valence-electron chi connectivity index (χ3n) is 2.48. The monoisotopic (exact) mass is 270 g/mol. The highest BCUT2D eigenvalue weighted by atomic mass is 79.9. The Labute approximate surface area is 98.6 Å². The minimum Gasteiger partial charge on any atom is -0.380 e. The number of rotatable bonds is 2. The molecule has 1 aromatic rings. The molecule has 0 unspecified atom stereocenters. The van der Waals surface area contributed by atoms with Crippen LogP contribution in [0.25, 0.3) is 0 Å². The highest BCUT2D eigenvalue weighted by Gasteiger charge is 2.09. The van der Waals surface area contributed by atoms with Crippen molar-refractivity contribution in [2.75, 3.05) is 26.3 Å². The van der Waals surface area contributed by atoms with Crippen LogP contribution in [0, 0.1) is 0 Å². The van der Waals surface area contributed by atoms with Gasteiger partial charge in [0.15, 0.2) is 0 Å². The van der Waals surface area contributed by atoms with Gasteiger partial charge in [-0.05, 0) is 34.0 Å². The number of pyridine rings is 1. The van der Waals surface area contributed by atoms with E-state index in [-0.39, 0.29) is 0 Å². The van der Waals surface area contributed by atoms with Crippen molar-refractivity contribution in [2.45, 2.75) is 13.0 Å². The number of halogens is 1. The lowest BCUT2D eigenvalue weighted by molar-refractivity contribution is 0.140. The van der Waals surface area contributed by atoms with Crippen molar-refractivity contribution in [2.24, 2.45) is 0 Å². The Hall–Kier alpha value is -0.450. The molecule has 0 atom stereocenters. The fourth-order valence-electron chi connectivity index (χ4n) is 1.76. The summed E-state index contributed by atoms with van der Waals surface area (Å²) in [6, 6.07) is 2.12. The van der Waals surface area contributed by atoms with Crippen LogP contribution in [0.4, 0.5) is 0 Å². The van der Waals surface area contributed by atoms with Crippen LogP contribution in [-0.2, 0) is 11.3 Å². The molecule has 1 aliphatic rings. The SMILES string of the molecule is Brc1cncc(CN2CCCOCC2)c1. The summed E-state index contributed by atoms with van der Waals surface area (Å²) >= 11 is 3.44. The van der Waals surface area contributed by atoms with Crippen molar-refractivity contribution >= 4 is 15.9 Å². The zero-order valence-corrected chi connectivity index (χ0v) is 10.2. The number of ether oxygens (including phenoxy) is 1. The van der Waals surface area contributed by atoms with Gasteiger partial charge in [-0.15, -0.1) is 0 Å². The van der Waals surface area contributed by atoms with E-state index < -0.39 is 0 Å². The molecule has 0 aromatic carbocycles. The lowest BCUT2D eigenvalue weighted by Crippen LogP contribution is -2.25. The van der Waals surface area contributed by atoms with E-state index in [9.17, 15) is 0 Å². The molecule has 1 aromatic heterocycles. The lowest BCUT2D eigenvalue weighted by Gasteiger charge is -2.18. The van der Waals surface area contributed by atoms with Gasteiger partial charge < -0.3 is 4.74 Å². The molecule has 3 nitrogen and oxygen atoms in total. The van der Waals surface area contributed by atoms with Crippen molar-refractivity contribution in [3.05, 3.63) is 28.5 Å². The van der Waals surface area contributed by atoms with Crippen LogP contribution in [0.1, 0.15) is 12.0 Å². The standard InChI is InChI=1S/C11H15BrN2O/c12-11-6-10(7-13-8-11)9-14-2-1-4-15-5-3-14/h6-8H,1-5,9H2. The van der Waals surface area contributed by atoms with Gasteiger partial charge >= 0.3 is 0 Å². The third kappa shape index (κ3) is 3.55. The maximum Gasteiger partial charge on any atom is 0.0593 e. The molecule has 0 amide bonds. The highest BCUT2D eigenvalue weighted by Crippen LogP contribution is 2.12. The quantitative estimate of drug-likeness (QED) is 0.823. The van der Waals surface area contributed by atoms with Crippen LogP contribution < -0.4 is 0 Å². The maximum atomic E-state index is 5.42. The molecule has 4 heteroatoms. The van der Waals surface area contributed by atoms with Crippen molar-refractivity contribution < 1.29 is 4.74 Å². The molecule has 0 N–H and O–H groups in total. The molecule has 1 saturated heterocycles. The van der Waals surface area contributed by atoms with Gasteiger partial charge in [-0.3, -0.25) is 9.88 Å². The first-order valence-electron chi connectivity index (χ1n) is 5.24. The Kier molecular flexibility index (Phi) is 4.11. The highest BCUT2D eigenvalue weighted by molar-refractivity contribution is 9.10. The summed E-state index contributed by atoms with van der Waals surface area (Å²) in [5.41, 5.74) is 1.26. The topological polar surface area (TPSA) is 25.4 Å². The fraction of sp³-hybridized carbons (Fsp3) is 0.545. The van der Waals surface area contributed by atoms with E-state index in [4.69, 9.17) is 4.74 Å². The van der Waals surface area contributed by atoms with Crippen LogP contribution in [0.2, 0.25) is 0 Å². The van der Waals surface area contributed by atoms with Crippen LogP contribution in [0.5, 0.6) is 0 Å². The molecule has 1 fully saturated rings. The second kappa shape index (κ2) is 5.58. The Morgan fingerprint density at radius 2 is 2.27 bits per heavy atom. The van der Waals surface area contributed by atoms with Gasteiger partial charge in [-0.25, -0.2) is 0 Å². The first-order valence-corrected chi connectivity index (χ1v) is 6.03. The van der Waals surface area contributed by atoms with E-state index in [1.807, 2.05) is 12.4 Å². The number of nitrogens with zero attached hydrogens (tertiary/aromatic N) is 2.